The zero-order valence-electron chi connectivity index (χ0n) is 16.3. The molecule has 2 aliphatic rings. The standard InChI is InChI=1S/C20H21F3N6O/c1-24-19-6-9-29-20(26-19)15(16-4-7-25-27-16)11-28(29)8-5-13-10-14(21)2-3-17(13)30-12-18(22)23/h2-4,6-7,9-10,18H,5,8,11-12H2,1H3,(H,24,26)(H,25,27). The fourth-order valence-electron chi connectivity index (χ4n) is 3.41. The predicted octanol–water partition coefficient (Wildman–Crippen LogP) is 2.78. The summed E-state index contributed by atoms with van der Waals surface area (Å²) in [5.41, 5.74) is 2.27. The third-order valence-corrected chi connectivity index (χ3v) is 4.82. The highest BCUT2D eigenvalue weighted by Crippen LogP contribution is 2.33. The largest absolute Gasteiger partial charge is 0.487 e. The number of H-pyrrole nitrogens is 1. The number of benzene rings is 1. The van der Waals surface area contributed by atoms with Gasteiger partial charge < -0.3 is 10.1 Å². The summed E-state index contributed by atoms with van der Waals surface area (Å²) in [6.07, 6.45) is 3.31. The topological polar surface area (TPSA) is 68.8 Å². The number of ether oxygens (including phenoxy) is 1. The van der Waals surface area contributed by atoms with Crippen LogP contribution in [-0.4, -0.2) is 59.2 Å². The summed E-state index contributed by atoms with van der Waals surface area (Å²) in [5, 5.41) is 14.1. The molecule has 0 unspecified atom stereocenters. The Bertz CT molecular complexity index is 986. The Morgan fingerprint density at radius 1 is 1.30 bits per heavy atom. The van der Waals surface area contributed by atoms with Gasteiger partial charge in [-0.2, -0.15) is 5.10 Å². The van der Waals surface area contributed by atoms with Crippen LogP contribution in [0.5, 0.6) is 5.75 Å². The Hall–Kier alpha value is -3.27. The van der Waals surface area contributed by atoms with Crippen molar-refractivity contribution in [1.82, 2.24) is 25.5 Å². The van der Waals surface area contributed by atoms with E-state index >= 15 is 0 Å². The van der Waals surface area contributed by atoms with Crippen LogP contribution in [0.3, 0.4) is 0 Å². The molecule has 7 nitrogen and oxygen atoms in total. The average Bonchev–Trinajstić information content (AvgIpc) is 3.38. The van der Waals surface area contributed by atoms with Crippen LogP contribution in [0.1, 0.15) is 11.3 Å². The third kappa shape index (κ3) is 4.18. The quantitative estimate of drug-likeness (QED) is 0.724. The molecule has 158 valence electrons. The van der Waals surface area contributed by atoms with Crippen molar-refractivity contribution in [2.75, 3.05) is 26.7 Å². The predicted molar refractivity (Wildman–Crippen MR) is 106 cm³/mol. The molecule has 2 aromatic rings. The molecule has 0 atom stereocenters. The van der Waals surface area contributed by atoms with Gasteiger partial charge in [-0.1, -0.05) is 0 Å². The molecule has 2 N–H and O–H groups in total. The van der Waals surface area contributed by atoms with Crippen LogP contribution in [0, 0.1) is 5.82 Å². The second kappa shape index (κ2) is 8.62. The van der Waals surface area contributed by atoms with Crippen LogP contribution in [0.25, 0.3) is 5.57 Å². The first-order valence-corrected chi connectivity index (χ1v) is 9.46. The van der Waals surface area contributed by atoms with Gasteiger partial charge in [-0.15, -0.1) is 0 Å². The smallest absolute Gasteiger partial charge is 0.272 e. The molecule has 4 rings (SSSR count). The average molecular weight is 418 g/mol. The lowest BCUT2D eigenvalue weighted by Gasteiger charge is -2.29. The van der Waals surface area contributed by atoms with E-state index in [9.17, 15) is 13.2 Å². The number of rotatable bonds is 7. The minimum absolute atomic E-state index is 0.265. The maximum Gasteiger partial charge on any atom is 0.272 e. The van der Waals surface area contributed by atoms with E-state index in [1.165, 1.54) is 18.2 Å². The highest BCUT2D eigenvalue weighted by Gasteiger charge is 2.32. The van der Waals surface area contributed by atoms with Gasteiger partial charge in [0.15, 0.2) is 5.82 Å². The van der Waals surface area contributed by atoms with E-state index in [4.69, 9.17) is 4.74 Å². The first-order chi connectivity index (χ1) is 14.5. The van der Waals surface area contributed by atoms with Gasteiger partial charge in [-0.25, -0.2) is 23.2 Å². The Balaban J connectivity index is 1.53. The second-order valence-electron chi connectivity index (χ2n) is 6.76. The molecule has 0 bridgehead atoms. The Kier molecular flexibility index (Phi) is 5.75. The van der Waals surface area contributed by atoms with E-state index in [0.29, 0.717) is 25.1 Å². The number of alkyl halides is 2. The number of likely N-dealkylation sites (N-methyl/N-ethyl adjacent to an activating group) is 1. The van der Waals surface area contributed by atoms with Gasteiger partial charge in [0.2, 0.25) is 0 Å². The molecule has 0 spiro atoms. The molecule has 0 amide bonds. The van der Waals surface area contributed by atoms with Crippen LogP contribution in [0.15, 0.2) is 53.6 Å². The molecule has 3 heterocycles. The molecule has 0 fully saturated rings. The minimum Gasteiger partial charge on any atom is -0.487 e. The number of nitrogens with zero attached hydrogens (tertiary/aromatic N) is 4. The number of hydrazine groups is 1. The number of aromatic nitrogens is 2. The van der Waals surface area contributed by atoms with Crippen molar-refractivity contribution in [2.45, 2.75) is 12.8 Å². The molecule has 30 heavy (non-hydrogen) atoms. The highest BCUT2D eigenvalue weighted by molar-refractivity contribution is 5.95. The van der Waals surface area contributed by atoms with Crippen molar-refractivity contribution in [2.24, 2.45) is 4.99 Å². The Morgan fingerprint density at radius 3 is 2.90 bits per heavy atom. The third-order valence-electron chi connectivity index (χ3n) is 4.82. The number of aromatic amines is 1. The molecular weight excluding hydrogens is 397 g/mol. The van der Waals surface area contributed by atoms with Crippen molar-refractivity contribution in [3.05, 3.63) is 65.6 Å². The van der Waals surface area contributed by atoms with Gasteiger partial charge in [-0.05, 0) is 42.3 Å². The van der Waals surface area contributed by atoms with E-state index < -0.39 is 18.8 Å². The molecule has 0 radical (unpaired) electrons. The minimum atomic E-state index is -2.60. The van der Waals surface area contributed by atoms with Crippen LogP contribution in [-0.2, 0) is 6.42 Å². The molecule has 0 aliphatic carbocycles. The summed E-state index contributed by atoms with van der Waals surface area (Å²) in [5.74, 6) is 1.31. The first kappa shape index (κ1) is 20.0. The number of nitrogens with one attached hydrogen (secondary N) is 2. The summed E-state index contributed by atoms with van der Waals surface area (Å²) in [6, 6.07) is 5.79. The number of fused-ring (bicyclic) bond motifs is 1. The van der Waals surface area contributed by atoms with Crippen molar-refractivity contribution in [3.8, 4) is 5.75 Å². The van der Waals surface area contributed by atoms with E-state index in [1.807, 2.05) is 28.4 Å². The van der Waals surface area contributed by atoms with Crippen LogP contribution in [0.4, 0.5) is 13.2 Å². The molecule has 0 saturated heterocycles. The maximum atomic E-state index is 13.8. The SMILES string of the molecule is CNC1=NC2=C(c3cc[nH]n3)CN(CCc3cc(F)ccc3OCC(F)F)N2C=C1. The normalized spacial score (nSPS) is 16.3. The number of amidine groups is 1. The van der Waals surface area contributed by atoms with E-state index in [2.05, 4.69) is 20.5 Å². The Labute approximate surface area is 171 Å². The lowest BCUT2D eigenvalue weighted by atomic mass is 10.1. The van der Waals surface area contributed by atoms with Crippen molar-refractivity contribution in [3.63, 3.8) is 0 Å². The summed E-state index contributed by atoms with van der Waals surface area (Å²) in [6.45, 7) is 0.321. The zero-order chi connectivity index (χ0) is 21.1. The van der Waals surface area contributed by atoms with Gasteiger partial charge >= 0.3 is 0 Å². The lowest BCUT2D eigenvalue weighted by molar-refractivity contribution is 0.0795. The number of hydrogen-bond donors (Lipinski definition) is 2. The van der Waals surface area contributed by atoms with E-state index in [0.717, 1.165) is 22.9 Å². The van der Waals surface area contributed by atoms with Gasteiger partial charge in [0.25, 0.3) is 6.43 Å². The highest BCUT2D eigenvalue weighted by atomic mass is 19.3. The Morgan fingerprint density at radius 2 is 2.17 bits per heavy atom. The summed E-state index contributed by atoms with van der Waals surface area (Å²) < 4.78 is 44.0. The van der Waals surface area contributed by atoms with Crippen LogP contribution < -0.4 is 10.1 Å². The van der Waals surface area contributed by atoms with Crippen molar-refractivity contribution < 1.29 is 17.9 Å². The first-order valence-electron chi connectivity index (χ1n) is 9.46. The van der Waals surface area contributed by atoms with E-state index in [-0.39, 0.29) is 5.75 Å². The second-order valence-corrected chi connectivity index (χ2v) is 6.76. The lowest BCUT2D eigenvalue weighted by Crippen LogP contribution is -2.37. The van der Waals surface area contributed by atoms with Crippen LogP contribution >= 0.6 is 0 Å². The number of halogens is 3. The molecule has 1 aromatic heterocycles. The van der Waals surface area contributed by atoms with Gasteiger partial charge in [0.1, 0.15) is 24.0 Å². The molecule has 2 aliphatic heterocycles. The summed E-state index contributed by atoms with van der Waals surface area (Å²) >= 11 is 0. The summed E-state index contributed by atoms with van der Waals surface area (Å²) in [7, 11) is 1.80. The van der Waals surface area contributed by atoms with Crippen molar-refractivity contribution in [1.29, 1.82) is 0 Å². The van der Waals surface area contributed by atoms with E-state index in [1.54, 1.807) is 13.2 Å². The van der Waals surface area contributed by atoms with Gasteiger partial charge in [0.05, 0.1) is 5.69 Å². The fourth-order valence-corrected chi connectivity index (χ4v) is 3.41. The molecular formula is C20H21F3N6O. The number of hydrogen-bond acceptors (Lipinski definition) is 6. The van der Waals surface area contributed by atoms with Crippen LogP contribution in [0.2, 0.25) is 0 Å². The molecule has 0 saturated carbocycles. The maximum absolute atomic E-state index is 13.8. The van der Waals surface area contributed by atoms with Gasteiger partial charge in [-0.3, -0.25) is 10.1 Å². The fraction of sp³-hybridized carbons (Fsp3) is 0.300. The summed E-state index contributed by atoms with van der Waals surface area (Å²) in [4.78, 5) is 4.65. The molecule has 10 heteroatoms. The van der Waals surface area contributed by atoms with Crippen molar-refractivity contribution >= 4 is 11.4 Å². The monoisotopic (exact) mass is 418 g/mol. The zero-order valence-corrected chi connectivity index (χ0v) is 16.3. The molecule has 1 aromatic carbocycles. The van der Waals surface area contributed by atoms with Gasteiger partial charge in [0, 0.05) is 38.1 Å². The number of aliphatic imine (C=N–C) groups is 1.